The molecule has 3 rings (SSSR count). The van der Waals surface area contributed by atoms with Crippen molar-refractivity contribution in [2.75, 3.05) is 6.26 Å². The van der Waals surface area contributed by atoms with Crippen molar-refractivity contribution in [2.24, 2.45) is 11.8 Å². The van der Waals surface area contributed by atoms with E-state index in [1.807, 2.05) is 0 Å². The predicted octanol–water partition coefficient (Wildman–Crippen LogP) is 3.91. The maximum atomic E-state index is 12.5. The molecule has 2 aliphatic carbocycles. The first-order chi connectivity index (χ1) is 12.4. The first kappa shape index (κ1) is 20.0. The van der Waals surface area contributed by atoms with Crippen LogP contribution in [0.15, 0.2) is 23.1 Å². The first-order valence-electron chi connectivity index (χ1n) is 8.79. The third kappa shape index (κ3) is 3.93. The van der Waals surface area contributed by atoms with E-state index >= 15 is 0 Å². The lowest BCUT2D eigenvalue weighted by atomic mass is 9.80. The molecule has 0 aromatic heterocycles. The Labute approximate surface area is 155 Å². The number of hydrogen-bond acceptors (Lipinski definition) is 4. The van der Waals surface area contributed by atoms with Gasteiger partial charge in [-0.25, -0.2) is 8.42 Å². The smallest absolute Gasteiger partial charge is 0.481 e. The Morgan fingerprint density at radius 1 is 1.22 bits per heavy atom. The van der Waals surface area contributed by atoms with Crippen LogP contribution in [-0.2, 0) is 20.0 Å². The summed E-state index contributed by atoms with van der Waals surface area (Å²) in [5, 5.41) is 9.90. The number of benzene rings is 1. The van der Waals surface area contributed by atoms with Gasteiger partial charge < -0.3 is 9.84 Å². The van der Waals surface area contributed by atoms with Gasteiger partial charge in [0.15, 0.2) is 9.84 Å². The molecule has 0 radical (unpaired) electrons. The average molecular weight is 406 g/mol. The molecule has 150 valence electrons. The molecular formula is C18H21F3O5S. The van der Waals surface area contributed by atoms with Crippen molar-refractivity contribution in [1.82, 2.24) is 0 Å². The fourth-order valence-corrected chi connectivity index (χ4v) is 5.42. The van der Waals surface area contributed by atoms with Gasteiger partial charge in [0.2, 0.25) is 0 Å². The maximum Gasteiger partial charge on any atom is 0.573 e. The number of aliphatic carboxylic acids is 1. The summed E-state index contributed by atoms with van der Waals surface area (Å²) in [5.74, 6) is -1.83. The molecular weight excluding hydrogens is 385 g/mol. The van der Waals surface area contributed by atoms with Crippen LogP contribution in [-0.4, -0.2) is 32.1 Å². The van der Waals surface area contributed by atoms with Crippen LogP contribution >= 0.6 is 0 Å². The molecule has 2 atom stereocenters. The summed E-state index contributed by atoms with van der Waals surface area (Å²) >= 11 is 0. The number of halogens is 3. The highest BCUT2D eigenvalue weighted by atomic mass is 32.2. The van der Waals surface area contributed by atoms with Crippen LogP contribution < -0.4 is 4.74 Å². The molecule has 2 aliphatic rings. The molecule has 9 heteroatoms. The molecule has 0 spiro atoms. The fourth-order valence-electron chi connectivity index (χ4n) is 4.44. The molecule has 0 amide bonds. The number of rotatable bonds is 5. The van der Waals surface area contributed by atoms with Crippen molar-refractivity contribution in [3.8, 4) is 5.75 Å². The van der Waals surface area contributed by atoms with Crippen molar-refractivity contribution in [3.05, 3.63) is 23.8 Å². The molecule has 2 fully saturated rings. The minimum Gasteiger partial charge on any atom is -0.481 e. The van der Waals surface area contributed by atoms with Crippen LogP contribution in [0.1, 0.15) is 44.1 Å². The highest BCUT2D eigenvalue weighted by Gasteiger charge is 2.65. The molecule has 2 saturated carbocycles. The van der Waals surface area contributed by atoms with E-state index in [9.17, 15) is 31.5 Å². The zero-order valence-electron chi connectivity index (χ0n) is 14.8. The summed E-state index contributed by atoms with van der Waals surface area (Å²) in [5.41, 5.74) is -1.31. The van der Waals surface area contributed by atoms with Crippen molar-refractivity contribution < 1.29 is 36.2 Å². The SMILES string of the molecule is CS(=O)(=O)c1cc(OC(F)(F)F)ccc1C1(C(=O)O)CC1C1CCCCC1. The minimum absolute atomic E-state index is 0.0580. The predicted molar refractivity (Wildman–Crippen MR) is 90.2 cm³/mol. The number of ether oxygens (including phenoxy) is 1. The Balaban J connectivity index is 2.04. The molecule has 1 aromatic rings. The minimum atomic E-state index is -4.97. The molecule has 2 unspecified atom stereocenters. The van der Waals surface area contributed by atoms with Crippen LogP contribution in [0.3, 0.4) is 0 Å². The monoisotopic (exact) mass is 406 g/mol. The number of carbonyl (C=O) groups is 1. The topological polar surface area (TPSA) is 80.7 Å². The van der Waals surface area contributed by atoms with Gasteiger partial charge >= 0.3 is 12.3 Å². The number of carboxylic acids is 1. The number of sulfone groups is 1. The number of hydrogen-bond donors (Lipinski definition) is 1. The van der Waals surface area contributed by atoms with Crippen LogP contribution in [0, 0.1) is 11.8 Å². The van der Waals surface area contributed by atoms with Crippen molar-refractivity contribution in [1.29, 1.82) is 0 Å². The zero-order valence-corrected chi connectivity index (χ0v) is 15.6. The van der Waals surface area contributed by atoms with E-state index in [1.165, 1.54) is 0 Å². The highest BCUT2D eigenvalue weighted by Crippen LogP contribution is 2.62. The highest BCUT2D eigenvalue weighted by molar-refractivity contribution is 7.90. The van der Waals surface area contributed by atoms with E-state index in [1.54, 1.807) is 0 Å². The summed E-state index contributed by atoms with van der Waals surface area (Å²) < 4.78 is 65.7. The Morgan fingerprint density at radius 2 is 1.85 bits per heavy atom. The van der Waals surface area contributed by atoms with Gasteiger partial charge in [0.25, 0.3) is 0 Å². The molecule has 0 saturated heterocycles. The maximum absolute atomic E-state index is 12.5. The third-order valence-corrected chi connectivity index (χ3v) is 6.82. The van der Waals surface area contributed by atoms with Crippen LogP contribution in [0.25, 0.3) is 0 Å². The molecule has 5 nitrogen and oxygen atoms in total. The van der Waals surface area contributed by atoms with Crippen LogP contribution in [0.2, 0.25) is 0 Å². The lowest BCUT2D eigenvalue weighted by Crippen LogP contribution is -2.28. The summed E-state index contributed by atoms with van der Waals surface area (Å²) in [7, 11) is -3.95. The number of alkyl halides is 3. The molecule has 0 heterocycles. The van der Waals surface area contributed by atoms with Crippen LogP contribution in [0.4, 0.5) is 13.2 Å². The van der Waals surface area contributed by atoms with Gasteiger partial charge in [0, 0.05) is 6.26 Å². The molecule has 0 bridgehead atoms. The van der Waals surface area contributed by atoms with Gasteiger partial charge in [0.05, 0.1) is 10.3 Å². The van der Waals surface area contributed by atoms with Gasteiger partial charge in [-0.2, -0.15) is 0 Å². The van der Waals surface area contributed by atoms with Crippen molar-refractivity contribution >= 4 is 15.8 Å². The second-order valence-electron chi connectivity index (χ2n) is 7.46. The van der Waals surface area contributed by atoms with E-state index in [2.05, 4.69) is 4.74 Å². The summed E-state index contributed by atoms with van der Waals surface area (Å²) in [6.07, 6.45) is 1.09. The largest absolute Gasteiger partial charge is 0.573 e. The van der Waals surface area contributed by atoms with E-state index in [0.29, 0.717) is 6.42 Å². The zero-order chi connectivity index (χ0) is 20.0. The molecule has 0 aliphatic heterocycles. The Bertz CT molecular complexity index is 843. The third-order valence-electron chi connectivity index (χ3n) is 5.68. The Kier molecular flexibility index (Phi) is 4.95. The summed E-state index contributed by atoms with van der Waals surface area (Å²) in [6.45, 7) is 0. The Morgan fingerprint density at radius 3 is 2.37 bits per heavy atom. The molecule has 1 aromatic carbocycles. The van der Waals surface area contributed by atoms with Gasteiger partial charge in [-0.05, 0) is 36.0 Å². The second-order valence-corrected chi connectivity index (χ2v) is 9.45. The quantitative estimate of drug-likeness (QED) is 0.802. The van der Waals surface area contributed by atoms with Gasteiger partial charge in [-0.1, -0.05) is 38.2 Å². The lowest BCUT2D eigenvalue weighted by molar-refractivity contribution is -0.274. The second kappa shape index (κ2) is 6.68. The standard InChI is InChI=1S/C18H21F3O5S/c1-27(24,25)15-9-12(26-18(19,20)21)7-8-13(15)17(16(22)23)10-14(17)11-5-3-2-4-6-11/h7-9,11,14H,2-6,10H2,1H3,(H,22,23). The average Bonchev–Trinajstić information content (AvgIpc) is 3.30. The van der Waals surface area contributed by atoms with E-state index in [0.717, 1.165) is 56.6 Å². The van der Waals surface area contributed by atoms with Gasteiger partial charge in [-0.3, -0.25) is 4.79 Å². The van der Waals surface area contributed by atoms with Crippen molar-refractivity contribution in [2.45, 2.75) is 55.2 Å². The summed E-state index contributed by atoms with van der Waals surface area (Å²) in [4.78, 5) is 11.7. The van der Waals surface area contributed by atoms with E-state index in [-0.39, 0.29) is 17.4 Å². The Hall–Kier alpha value is -1.77. The molecule has 27 heavy (non-hydrogen) atoms. The van der Waals surface area contributed by atoms with Gasteiger partial charge in [0.1, 0.15) is 5.75 Å². The lowest BCUT2D eigenvalue weighted by Gasteiger charge is -2.25. The fraction of sp³-hybridized carbons (Fsp3) is 0.611. The molecule has 1 N–H and O–H groups in total. The first-order valence-corrected chi connectivity index (χ1v) is 10.7. The number of carboxylic acid groups (broad SMARTS) is 1. The van der Waals surface area contributed by atoms with Crippen LogP contribution in [0.5, 0.6) is 5.75 Å². The van der Waals surface area contributed by atoms with E-state index < -0.39 is 38.2 Å². The van der Waals surface area contributed by atoms with Crippen molar-refractivity contribution in [3.63, 3.8) is 0 Å². The normalized spacial score (nSPS) is 26.6. The van der Waals surface area contributed by atoms with Gasteiger partial charge in [-0.15, -0.1) is 13.2 Å². The van der Waals surface area contributed by atoms with E-state index in [4.69, 9.17) is 0 Å². The summed E-state index contributed by atoms with van der Waals surface area (Å²) in [6, 6.07) is 2.92.